The van der Waals surface area contributed by atoms with Crippen LogP contribution in [0.15, 0.2) is 0 Å². The van der Waals surface area contributed by atoms with E-state index in [4.69, 9.17) is 0 Å². The van der Waals surface area contributed by atoms with Crippen molar-refractivity contribution in [2.24, 2.45) is 0 Å². The van der Waals surface area contributed by atoms with E-state index < -0.39 is 20.6 Å². The maximum Gasteiger partial charge on any atom is 2.00 e. The average Bonchev–Trinajstić information content (AvgIpc) is 2.38. The number of rotatable bonds is 4. The SMILES string of the molecule is O.O.O=S(=O)([O-])NC1CCCCC1.O=S(=O)([O-])NC1CCCCC1.[Ca+2]. The Morgan fingerprint density at radius 1 is 0.600 bits per heavy atom. The Labute approximate surface area is 179 Å². The molecule has 0 radical (unpaired) electrons. The summed E-state index contributed by atoms with van der Waals surface area (Å²) < 4.78 is 65.5. The van der Waals surface area contributed by atoms with Crippen LogP contribution in [0.25, 0.3) is 0 Å². The summed E-state index contributed by atoms with van der Waals surface area (Å²) in [6.45, 7) is 0. The summed E-state index contributed by atoms with van der Waals surface area (Å²) in [4.78, 5) is 0. The zero-order chi connectivity index (χ0) is 16.6. The van der Waals surface area contributed by atoms with E-state index in [0.29, 0.717) is 0 Å². The first-order chi connectivity index (χ1) is 10.2. The molecule has 0 amide bonds. The Bertz CT molecular complexity index is 469. The first-order valence-corrected chi connectivity index (χ1v) is 10.4. The molecule has 6 N–H and O–H groups in total. The summed E-state index contributed by atoms with van der Waals surface area (Å²) >= 11 is 0. The van der Waals surface area contributed by atoms with Gasteiger partial charge < -0.3 is 20.1 Å². The Kier molecular flexibility index (Phi) is 18.3. The van der Waals surface area contributed by atoms with E-state index in [0.717, 1.165) is 64.2 Å². The van der Waals surface area contributed by atoms with Crippen molar-refractivity contribution >= 4 is 58.3 Å². The van der Waals surface area contributed by atoms with E-state index in [-0.39, 0.29) is 60.8 Å². The van der Waals surface area contributed by atoms with Crippen molar-refractivity contribution in [1.82, 2.24) is 9.44 Å². The molecule has 2 aliphatic rings. The van der Waals surface area contributed by atoms with Crippen LogP contribution in [0.2, 0.25) is 0 Å². The second-order valence-corrected chi connectivity index (χ2v) is 8.10. The van der Waals surface area contributed by atoms with E-state index in [1.807, 2.05) is 0 Å². The molecule has 0 aromatic heterocycles. The van der Waals surface area contributed by atoms with Crippen molar-refractivity contribution in [1.29, 1.82) is 0 Å². The molecule has 0 aliphatic heterocycles. The monoisotopic (exact) mass is 432 g/mol. The number of hydrogen-bond acceptors (Lipinski definition) is 6. The van der Waals surface area contributed by atoms with Gasteiger partial charge in [0, 0.05) is 12.1 Å². The molecule has 2 fully saturated rings. The van der Waals surface area contributed by atoms with Gasteiger partial charge in [-0.25, -0.2) is 26.3 Å². The molecule has 0 heterocycles. The zero-order valence-corrected chi connectivity index (χ0v) is 18.0. The van der Waals surface area contributed by atoms with Gasteiger partial charge in [-0.2, -0.15) is 0 Å². The zero-order valence-electron chi connectivity index (χ0n) is 14.2. The molecule has 148 valence electrons. The van der Waals surface area contributed by atoms with E-state index in [1.54, 1.807) is 0 Å². The minimum atomic E-state index is -4.22. The Hall–Kier alpha value is 0.920. The van der Waals surface area contributed by atoms with Gasteiger partial charge in [0.05, 0.1) is 0 Å². The van der Waals surface area contributed by atoms with E-state index >= 15 is 0 Å². The molecule has 0 atom stereocenters. The predicted octanol–water partition coefficient (Wildman–Crippen LogP) is -1.29. The van der Waals surface area contributed by atoms with Gasteiger partial charge in [-0.3, -0.25) is 0 Å². The Morgan fingerprint density at radius 3 is 1.04 bits per heavy atom. The van der Waals surface area contributed by atoms with E-state index in [1.165, 1.54) is 0 Å². The van der Waals surface area contributed by atoms with Crippen LogP contribution in [-0.2, 0) is 20.6 Å². The summed E-state index contributed by atoms with van der Waals surface area (Å²) in [5.74, 6) is 0. The average molecular weight is 433 g/mol. The summed E-state index contributed by atoms with van der Waals surface area (Å²) in [5, 5.41) is 0. The van der Waals surface area contributed by atoms with Crippen molar-refractivity contribution in [3.8, 4) is 0 Å². The third kappa shape index (κ3) is 18.1. The quantitative estimate of drug-likeness (QED) is 0.408. The largest absolute Gasteiger partial charge is 2.00 e. The molecule has 0 bridgehead atoms. The van der Waals surface area contributed by atoms with Crippen LogP contribution in [0.5, 0.6) is 0 Å². The molecule has 0 aromatic carbocycles. The Morgan fingerprint density at radius 2 is 0.840 bits per heavy atom. The third-order valence-corrected chi connectivity index (χ3v) is 5.08. The van der Waals surface area contributed by atoms with Gasteiger partial charge >= 0.3 is 37.7 Å². The summed E-state index contributed by atoms with van der Waals surface area (Å²) in [6, 6.07) is -0.211. The summed E-state index contributed by atoms with van der Waals surface area (Å²) in [6.07, 6.45) is 9.61. The van der Waals surface area contributed by atoms with E-state index in [2.05, 4.69) is 9.44 Å². The molecule has 0 aromatic rings. The van der Waals surface area contributed by atoms with Gasteiger partial charge in [-0.15, -0.1) is 0 Å². The molecule has 10 nitrogen and oxygen atoms in total. The first-order valence-electron chi connectivity index (χ1n) is 7.62. The van der Waals surface area contributed by atoms with Crippen LogP contribution in [0.1, 0.15) is 64.2 Å². The van der Waals surface area contributed by atoms with Crippen molar-refractivity contribution < 1.29 is 36.9 Å². The molecular weight excluding hydrogens is 404 g/mol. The molecule has 0 unspecified atom stereocenters. The smallest absolute Gasteiger partial charge is 0.735 e. The number of hydrogen-bond donors (Lipinski definition) is 2. The molecule has 2 rings (SSSR count). The van der Waals surface area contributed by atoms with Crippen molar-refractivity contribution in [2.45, 2.75) is 76.3 Å². The van der Waals surface area contributed by atoms with Gasteiger partial charge in [0.1, 0.15) is 0 Å². The minimum Gasteiger partial charge on any atom is -0.735 e. The molecule has 0 saturated heterocycles. The van der Waals surface area contributed by atoms with Gasteiger partial charge in [0.25, 0.3) is 0 Å². The van der Waals surface area contributed by atoms with Crippen LogP contribution < -0.4 is 9.44 Å². The van der Waals surface area contributed by atoms with Crippen LogP contribution in [0, 0.1) is 0 Å². The second kappa shape index (κ2) is 14.9. The maximum atomic E-state index is 10.2. The predicted molar refractivity (Wildman–Crippen MR) is 92.4 cm³/mol. The van der Waals surface area contributed by atoms with Crippen molar-refractivity contribution in [3.05, 3.63) is 0 Å². The molecule has 2 saturated carbocycles. The first kappa shape index (κ1) is 30.6. The Balaban J connectivity index is -0.000000346. The van der Waals surface area contributed by atoms with Crippen LogP contribution in [0.4, 0.5) is 0 Å². The van der Waals surface area contributed by atoms with Crippen LogP contribution in [-0.4, -0.2) is 86.7 Å². The summed E-state index contributed by atoms with van der Waals surface area (Å²) in [5.41, 5.74) is 0. The minimum absolute atomic E-state index is 0. The van der Waals surface area contributed by atoms with Gasteiger partial charge in [0.2, 0.25) is 0 Å². The third-order valence-electron chi connectivity index (χ3n) is 3.83. The van der Waals surface area contributed by atoms with Crippen molar-refractivity contribution in [2.75, 3.05) is 0 Å². The maximum absolute atomic E-state index is 10.2. The molecule has 2 aliphatic carbocycles. The second-order valence-electron chi connectivity index (χ2n) is 5.81. The molecule has 13 heteroatoms. The van der Waals surface area contributed by atoms with Gasteiger partial charge in [-0.1, -0.05) is 38.5 Å². The fourth-order valence-electron chi connectivity index (χ4n) is 2.85. The standard InChI is InChI=1S/2C6H13NO3S.Ca.2H2O/c2*8-11(9,10)7-6-4-2-1-3-5-6;;;/h2*6-7H,1-5H2,(H,8,9,10);;2*1H2/q;;+2;;/p-2. The summed E-state index contributed by atoms with van der Waals surface area (Å²) in [7, 11) is -8.45. The molecule has 25 heavy (non-hydrogen) atoms. The van der Waals surface area contributed by atoms with Crippen LogP contribution in [0.3, 0.4) is 0 Å². The van der Waals surface area contributed by atoms with Gasteiger partial charge in [0.15, 0.2) is 20.6 Å². The normalized spacial score (nSPS) is 19.3. The van der Waals surface area contributed by atoms with Crippen LogP contribution >= 0.6 is 0 Å². The number of nitrogens with one attached hydrogen (secondary N) is 2. The molecular formula is C12H28CaN2O8S2. The molecule has 0 spiro atoms. The van der Waals surface area contributed by atoms with E-state index in [9.17, 15) is 25.9 Å². The van der Waals surface area contributed by atoms with Gasteiger partial charge in [-0.05, 0) is 25.7 Å². The fourth-order valence-corrected chi connectivity index (χ4v) is 4.14. The topological polar surface area (TPSA) is 201 Å². The van der Waals surface area contributed by atoms with Crippen molar-refractivity contribution in [3.63, 3.8) is 0 Å². The fraction of sp³-hybridized carbons (Fsp3) is 1.00.